The minimum Gasteiger partial charge on any atom is -0.494 e. The van der Waals surface area contributed by atoms with Crippen molar-refractivity contribution < 1.29 is 9.13 Å². The molecule has 0 aliphatic heterocycles. The van der Waals surface area contributed by atoms with Gasteiger partial charge in [0.05, 0.1) is 6.61 Å². The second kappa shape index (κ2) is 6.19. The minimum absolute atomic E-state index is 0.202. The molecule has 1 heterocycles. The van der Waals surface area contributed by atoms with Crippen LogP contribution in [-0.4, -0.2) is 11.2 Å². The number of nitrogens with zero attached hydrogens (tertiary/aromatic N) is 1. The summed E-state index contributed by atoms with van der Waals surface area (Å²) in [7, 11) is 0. The highest BCUT2D eigenvalue weighted by Crippen LogP contribution is 2.18. The van der Waals surface area contributed by atoms with E-state index in [1.807, 2.05) is 42.6 Å². The van der Waals surface area contributed by atoms with Crippen molar-refractivity contribution >= 4 is 22.5 Å². The van der Waals surface area contributed by atoms with Gasteiger partial charge in [0.1, 0.15) is 11.6 Å². The van der Waals surface area contributed by atoms with Crippen LogP contribution in [0.2, 0.25) is 5.02 Å². The fourth-order valence-electron chi connectivity index (χ4n) is 2.32. The largest absolute Gasteiger partial charge is 0.494 e. The molecule has 0 aliphatic rings. The first-order chi connectivity index (χ1) is 10.2. The van der Waals surface area contributed by atoms with E-state index in [9.17, 15) is 4.39 Å². The molecule has 0 unspecified atom stereocenters. The lowest BCUT2D eigenvalue weighted by atomic mass is 10.2. The average Bonchev–Trinajstić information content (AvgIpc) is 2.87. The van der Waals surface area contributed by atoms with Gasteiger partial charge < -0.3 is 9.30 Å². The van der Waals surface area contributed by atoms with Gasteiger partial charge in [0.15, 0.2) is 0 Å². The maximum absolute atomic E-state index is 13.1. The van der Waals surface area contributed by atoms with E-state index in [0.29, 0.717) is 11.6 Å². The molecule has 0 N–H and O–H groups in total. The summed E-state index contributed by atoms with van der Waals surface area (Å²) in [6.07, 6.45) is 2.86. The van der Waals surface area contributed by atoms with Crippen LogP contribution in [0.4, 0.5) is 4.39 Å². The fraction of sp³-hybridized carbons (Fsp3) is 0.176. The Kier molecular flexibility index (Phi) is 4.11. The number of aryl methyl sites for hydroxylation is 1. The van der Waals surface area contributed by atoms with E-state index in [4.69, 9.17) is 16.3 Å². The zero-order valence-corrected chi connectivity index (χ0v) is 12.2. The van der Waals surface area contributed by atoms with Crippen molar-refractivity contribution in [1.82, 2.24) is 4.57 Å². The molecular formula is C17H15ClFNO. The van der Waals surface area contributed by atoms with Crippen molar-refractivity contribution in [1.29, 1.82) is 0 Å². The Morgan fingerprint density at radius 1 is 1.05 bits per heavy atom. The zero-order chi connectivity index (χ0) is 14.7. The summed E-state index contributed by atoms with van der Waals surface area (Å²) in [5.74, 6) is 0.616. The molecular weight excluding hydrogens is 289 g/mol. The summed E-state index contributed by atoms with van der Waals surface area (Å²) in [5.41, 5.74) is 1.04. The average molecular weight is 304 g/mol. The summed E-state index contributed by atoms with van der Waals surface area (Å²) in [5, 5.41) is 1.63. The molecule has 3 rings (SSSR count). The Labute approximate surface area is 127 Å². The van der Waals surface area contributed by atoms with Gasteiger partial charge in [-0.15, -0.1) is 0 Å². The van der Waals surface area contributed by atoms with Crippen molar-refractivity contribution in [3.05, 3.63) is 65.6 Å². The molecule has 108 valence electrons. The standard InChI is InChI=1S/C17H15ClFNO/c18-14-2-5-16(6-3-14)21-11-1-9-20-10-8-13-12-15(19)4-7-17(13)20/h2-8,10,12H,1,9,11H2. The van der Waals surface area contributed by atoms with Crippen LogP contribution in [0.5, 0.6) is 5.75 Å². The summed E-state index contributed by atoms with van der Waals surface area (Å²) in [4.78, 5) is 0. The van der Waals surface area contributed by atoms with E-state index in [0.717, 1.165) is 29.6 Å². The Morgan fingerprint density at radius 2 is 1.86 bits per heavy atom. The van der Waals surface area contributed by atoms with Gasteiger partial charge in [-0.2, -0.15) is 0 Å². The minimum atomic E-state index is -0.202. The predicted octanol–water partition coefficient (Wildman–Crippen LogP) is 4.90. The second-order valence-corrected chi connectivity index (χ2v) is 5.30. The lowest BCUT2D eigenvalue weighted by Crippen LogP contribution is -2.03. The number of fused-ring (bicyclic) bond motifs is 1. The topological polar surface area (TPSA) is 14.2 Å². The third-order valence-electron chi connectivity index (χ3n) is 3.36. The molecule has 0 saturated carbocycles. The Morgan fingerprint density at radius 3 is 2.67 bits per heavy atom. The van der Waals surface area contributed by atoms with Gasteiger partial charge in [-0.3, -0.25) is 0 Å². The molecule has 3 aromatic rings. The normalized spacial score (nSPS) is 11.0. The maximum Gasteiger partial charge on any atom is 0.123 e. The summed E-state index contributed by atoms with van der Waals surface area (Å²) < 4.78 is 20.9. The van der Waals surface area contributed by atoms with Gasteiger partial charge >= 0.3 is 0 Å². The van der Waals surface area contributed by atoms with E-state index >= 15 is 0 Å². The van der Waals surface area contributed by atoms with Crippen LogP contribution in [0.1, 0.15) is 6.42 Å². The van der Waals surface area contributed by atoms with Crippen LogP contribution < -0.4 is 4.74 Å². The van der Waals surface area contributed by atoms with Crippen LogP contribution >= 0.6 is 11.6 Å². The molecule has 1 aromatic heterocycles. The van der Waals surface area contributed by atoms with Crippen molar-refractivity contribution in [2.45, 2.75) is 13.0 Å². The van der Waals surface area contributed by atoms with Crippen molar-refractivity contribution in [2.24, 2.45) is 0 Å². The van der Waals surface area contributed by atoms with E-state index in [1.54, 1.807) is 6.07 Å². The first-order valence-corrected chi connectivity index (χ1v) is 7.23. The maximum atomic E-state index is 13.1. The Balaban J connectivity index is 1.56. The van der Waals surface area contributed by atoms with Crippen LogP contribution in [0, 0.1) is 5.82 Å². The van der Waals surface area contributed by atoms with E-state index in [2.05, 4.69) is 4.57 Å². The van der Waals surface area contributed by atoms with Gasteiger partial charge in [0.25, 0.3) is 0 Å². The molecule has 0 amide bonds. The van der Waals surface area contributed by atoms with Gasteiger partial charge in [-0.25, -0.2) is 4.39 Å². The van der Waals surface area contributed by atoms with Crippen LogP contribution in [-0.2, 0) is 6.54 Å². The first-order valence-electron chi connectivity index (χ1n) is 6.85. The van der Waals surface area contributed by atoms with Gasteiger partial charge in [-0.1, -0.05) is 11.6 Å². The monoisotopic (exact) mass is 303 g/mol. The number of ether oxygens (including phenoxy) is 1. The molecule has 0 fully saturated rings. The summed E-state index contributed by atoms with van der Waals surface area (Å²) >= 11 is 5.82. The molecule has 21 heavy (non-hydrogen) atoms. The van der Waals surface area contributed by atoms with Crippen LogP contribution in [0.25, 0.3) is 10.9 Å². The second-order valence-electron chi connectivity index (χ2n) is 4.87. The Bertz CT molecular complexity index is 736. The molecule has 0 aliphatic carbocycles. The SMILES string of the molecule is Fc1ccc2c(ccn2CCCOc2ccc(Cl)cc2)c1. The molecule has 0 atom stereocenters. The molecule has 0 radical (unpaired) electrons. The molecule has 0 saturated heterocycles. The summed E-state index contributed by atoms with van der Waals surface area (Å²) in [6.45, 7) is 1.46. The Hall–Kier alpha value is -2.00. The number of hydrogen-bond donors (Lipinski definition) is 0. The molecule has 0 spiro atoms. The number of hydrogen-bond acceptors (Lipinski definition) is 1. The molecule has 0 bridgehead atoms. The van der Waals surface area contributed by atoms with Gasteiger partial charge in [0, 0.05) is 28.7 Å². The summed E-state index contributed by atoms with van der Waals surface area (Å²) in [6, 6.07) is 14.1. The highest BCUT2D eigenvalue weighted by atomic mass is 35.5. The highest BCUT2D eigenvalue weighted by molar-refractivity contribution is 6.30. The zero-order valence-electron chi connectivity index (χ0n) is 11.4. The smallest absolute Gasteiger partial charge is 0.123 e. The van der Waals surface area contributed by atoms with Gasteiger partial charge in [-0.05, 0) is 55.0 Å². The third kappa shape index (κ3) is 3.37. The molecule has 4 heteroatoms. The molecule has 2 nitrogen and oxygen atoms in total. The number of halogens is 2. The first kappa shape index (κ1) is 14.0. The number of aromatic nitrogens is 1. The number of rotatable bonds is 5. The third-order valence-corrected chi connectivity index (χ3v) is 3.61. The van der Waals surface area contributed by atoms with Crippen molar-refractivity contribution in [3.63, 3.8) is 0 Å². The van der Waals surface area contributed by atoms with E-state index in [1.165, 1.54) is 6.07 Å². The fourth-order valence-corrected chi connectivity index (χ4v) is 2.45. The quantitative estimate of drug-likeness (QED) is 0.611. The number of benzene rings is 2. The lowest BCUT2D eigenvalue weighted by Gasteiger charge is -2.08. The van der Waals surface area contributed by atoms with Crippen LogP contribution in [0.15, 0.2) is 54.7 Å². The van der Waals surface area contributed by atoms with E-state index in [-0.39, 0.29) is 5.82 Å². The van der Waals surface area contributed by atoms with E-state index < -0.39 is 0 Å². The van der Waals surface area contributed by atoms with Crippen molar-refractivity contribution in [2.75, 3.05) is 6.61 Å². The van der Waals surface area contributed by atoms with Crippen LogP contribution in [0.3, 0.4) is 0 Å². The predicted molar refractivity (Wildman–Crippen MR) is 83.5 cm³/mol. The van der Waals surface area contributed by atoms with Gasteiger partial charge in [0.2, 0.25) is 0 Å². The van der Waals surface area contributed by atoms with Crippen molar-refractivity contribution in [3.8, 4) is 5.75 Å². The highest BCUT2D eigenvalue weighted by Gasteiger charge is 2.02. The molecule has 2 aromatic carbocycles. The lowest BCUT2D eigenvalue weighted by molar-refractivity contribution is 0.302.